The lowest BCUT2D eigenvalue weighted by atomic mass is 10.1. The van der Waals surface area contributed by atoms with E-state index in [1.807, 2.05) is 66.0 Å². The number of aromatic nitrogens is 2. The zero-order chi connectivity index (χ0) is 24.1. The summed E-state index contributed by atoms with van der Waals surface area (Å²) in [5.41, 5.74) is 7.28. The maximum atomic E-state index is 13.7. The van der Waals surface area contributed by atoms with Crippen molar-refractivity contribution < 1.29 is 9.53 Å². The predicted octanol–water partition coefficient (Wildman–Crippen LogP) is 3.09. The van der Waals surface area contributed by atoms with Gasteiger partial charge in [-0.2, -0.15) is 0 Å². The number of carbonyl (C=O) groups excluding carboxylic acids is 1. The van der Waals surface area contributed by atoms with Crippen LogP contribution < -0.4 is 21.9 Å². The largest absolute Gasteiger partial charge is 0.383 e. The highest BCUT2D eigenvalue weighted by molar-refractivity contribution is 8.19. The molecule has 1 saturated heterocycles. The van der Waals surface area contributed by atoms with Crippen LogP contribution in [0.4, 0.5) is 11.5 Å². The van der Waals surface area contributed by atoms with Crippen molar-refractivity contribution in [2.45, 2.75) is 17.7 Å². The number of rotatable bonds is 8. The first-order chi connectivity index (χ1) is 16.5. The number of ether oxygens (including phenoxy) is 1. The zero-order valence-electron chi connectivity index (χ0n) is 18.7. The second-order valence-electron chi connectivity index (χ2n) is 7.71. The monoisotopic (exact) mass is 498 g/mol. The molecule has 2 heterocycles. The molecule has 0 radical (unpaired) electrons. The first kappa shape index (κ1) is 24.2. The summed E-state index contributed by atoms with van der Waals surface area (Å²) < 4.78 is 6.64. The van der Waals surface area contributed by atoms with Gasteiger partial charge in [-0.25, -0.2) is 4.79 Å². The molecule has 0 atom stereocenters. The summed E-state index contributed by atoms with van der Waals surface area (Å²) in [4.78, 5) is 42.6. The average molecular weight is 499 g/mol. The fourth-order valence-electron chi connectivity index (χ4n) is 3.75. The van der Waals surface area contributed by atoms with Gasteiger partial charge in [0.15, 0.2) is 5.69 Å². The smallest absolute Gasteiger partial charge is 0.330 e. The molecular weight excluding hydrogens is 472 g/mol. The molecule has 0 saturated carbocycles. The van der Waals surface area contributed by atoms with E-state index < -0.39 is 11.2 Å². The van der Waals surface area contributed by atoms with E-state index in [9.17, 15) is 14.4 Å². The third kappa shape index (κ3) is 5.24. The lowest BCUT2D eigenvalue weighted by molar-refractivity contribution is 0.0984. The van der Waals surface area contributed by atoms with Gasteiger partial charge in [0.1, 0.15) is 5.82 Å². The molecule has 1 amide bonds. The van der Waals surface area contributed by atoms with Gasteiger partial charge < -0.3 is 10.5 Å². The number of amides is 1. The van der Waals surface area contributed by atoms with Crippen LogP contribution in [0.3, 0.4) is 0 Å². The van der Waals surface area contributed by atoms with Gasteiger partial charge in [-0.05, 0) is 23.3 Å². The number of hydrogen-bond acceptors (Lipinski definition) is 7. The number of carbonyl (C=O) groups is 1. The predicted molar refractivity (Wildman–Crippen MR) is 139 cm³/mol. The maximum absolute atomic E-state index is 13.7. The average Bonchev–Trinajstić information content (AvgIpc) is 3.38. The molecule has 3 N–H and O–H groups in total. The van der Waals surface area contributed by atoms with Gasteiger partial charge in [0.05, 0.1) is 24.3 Å². The van der Waals surface area contributed by atoms with E-state index in [2.05, 4.69) is 4.98 Å². The third-order valence-electron chi connectivity index (χ3n) is 5.48. The van der Waals surface area contributed by atoms with Crippen LogP contribution >= 0.6 is 23.5 Å². The molecule has 10 heteroatoms. The SMILES string of the molecule is COCCn1c(N)c(N(Cc2ccccc2)C(=O)c2ccc(C3SCCS3)cc2)c(=O)[nH]c1=O. The fourth-order valence-corrected chi connectivity index (χ4v) is 6.61. The molecule has 3 aromatic rings. The van der Waals surface area contributed by atoms with Crippen molar-refractivity contribution in [3.63, 3.8) is 0 Å². The Hall–Kier alpha value is -2.95. The van der Waals surface area contributed by atoms with E-state index >= 15 is 0 Å². The zero-order valence-corrected chi connectivity index (χ0v) is 20.4. The van der Waals surface area contributed by atoms with E-state index in [1.165, 1.54) is 16.6 Å². The minimum atomic E-state index is -0.712. The normalized spacial score (nSPS) is 13.8. The van der Waals surface area contributed by atoms with E-state index in [-0.39, 0.29) is 37.1 Å². The van der Waals surface area contributed by atoms with Crippen LogP contribution in [0.2, 0.25) is 0 Å². The Balaban J connectivity index is 1.75. The van der Waals surface area contributed by atoms with Gasteiger partial charge in [-0.1, -0.05) is 42.5 Å². The molecule has 2 aromatic carbocycles. The van der Waals surface area contributed by atoms with Crippen LogP contribution in [0.1, 0.15) is 26.1 Å². The van der Waals surface area contributed by atoms with Crippen molar-refractivity contribution in [1.82, 2.24) is 9.55 Å². The highest BCUT2D eigenvalue weighted by Crippen LogP contribution is 2.45. The molecule has 0 aliphatic carbocycles. The molecule has 0 spiro atoms. The molecule has 4 rings (SSSR count). The van der Waals surface area contributed by atoms with Crippen LogP contribution in [0.25, 0.3) is 0 Å². The number of thioether (sulfide) groups is 2. The van der Waals surface area contributed by atoms with Crippen molar-refractivity contribution in [3.8, 4) is 0 Å². The minimum absolute atomic E-state index is 0.0597. The number of H-pyrrole nitrogens is 1. The number of benzene rings is 2. The number of nitrogens with one attached hydrogen (secondary N) is 1. The number of nitrogens with zero attached hydrogens (tertiary/aromatic N) is 2. The molecular formula is C24H26N4O4S2. The Morgan fingerprint density at radius 3 is 2.44 bits per heavy atom. The molecule has 1 aromatic heterocycles. The Kier molecular flexibility index (Phi) is 7.81. The standard InChI is InChI=1S/C24H26N4O4S2/c1-32-12-11-27-20(25)19(21(29)26-24(27)31)28(15-16-5-3-2-4-6-16)22(30)17-7-9-18(10-8-17)23-33-13-14-34-23/h2-10,23H,11-15,25H2,1H3,(H,26,29,31). The van der Waals surface area contributed by atoms with Crippen molar-refractivity contribution in [1.29, 1.82) is 0 Å². The molecule has 1 fully saturated rings. The first-order valence-electron chi connectivity index (χ1n) is 10.8. The molecule has 34 heavy (non-hydrogen) atoms. The molecule has 178 valence electrons. The number of aromatic amines is 1. The molecule has 0 unspecified atom stereocenters. The second kappa shape index (κ2) is 11.0. The Morgan fingerprint density at radius 1 is 1.12 bits per heavy atom. The van der Waals surface area contributed by atoms with Gasteiger partial charge in [0.25, 0.3) is 11.5 Å². The number of nitrogens with two attached hydrogens (primary N) is 1. The lowest BCUT2D eigenvalue weighted by Gasteiger charge is -2.25. The van der Waals surface area contributed by atoms with Crippen molar-refractivity contribution in [2.75, 3.05) is 35.9 Å². The highest BCUT2D eigenvalue weighted by Gasteiger charge is 2.26. The lowest BCUT2D eigenvalue weighted by Crippen LogP contribution is -2.41. The highest BCUT2D eigenvalue weighted by atomic mass is 32.2. The van der Waals surface area contributed by atoms with Crippen molar-refractivity contribution in [3.05, 3.63) is 92.1 Å². The Morgan fingerprint density at radius 2 is 1.79 bits per heavy atom. The van der Waals surface area contributed by atoms with Crippen molar-refractivity contribution in [2.24, 2.45) is 0 Å². The summed E-state index contributed by atoms with van der Waals surface area (Å²) in [6.07, 6.45) is 0. The van der Waals surface area contributed by atoms with Crippen LogP contribution in [-0.2, 0) is 17.8 Å². The summed E-state index contributed by atoms with van der Waals surface area (Å²) in [6.45, 7) is 0.482. The van der Waals surface area contributed by atoms with Gasteiger partial charge in [-0.3, -0.25) is 24.0 Å². The van der Waals surface area contributed by atoms with Crippen LogP contribution in [0.15, 0.2) is 64.2 Å². The summed E-state index contributed by atoms with van der Waals surface area (Å²) in [6, 6.07) is 16.8. The number of nitrogen functional groups attached to an aromatic ring is 1. The quantitative estimate of drug-likeness (QED) is 0.491. The minimum Gasteiger partial charge on any atom is -0.383 e. The third-order valence-corrected chi connectivity index (χ3v) is 8.59. The van der Waals surface area contributed by atoms with E-state index in [0.717, 1.165) is 22.6 Å². The summed E-state index contributed by atoms with van der Waals surface area (Å²) >= 11 is 3.78. The first-order valence-corrected chi connectivity index (χ1v) is 12.9. The Labute approximate surface area is 205 Å². The van der Waals surface area contributed by atoms with Crippen molar-refractivity contribution >= 4 is 40.9 Å². The van der Waals surface area contributed by atoms with E-state index in [4.69, 9.17) is 10.5 Å². The number of methoxy groups -OCH3 is 1. The maximum Gasteiger partial charge on any atom is 0.330 e. The van der Waals surface area contributed by atoms with Crippen LogP contribution in [-0.4, -0.2) is 40.7 Å². The summed E-state index contributed by atoms with van der Waals surface area (Å²) in [5.74, 6) is 1.77. The topological polar surface area (TPSA) is 110 Å². The second-order valence-corrected chi connectivity index (χ2v) is 10.4. The summed E-state index contributed by atoms with van der Waals surface area (Å²) in [7, 11) is 1.51. The Bertz CT molecular complexity index is 1250. The van der Waals surface area contributed by atoms with Gasteiger partial charge in [0.2, 0.25) is 0 Å². The molecule has 0 bridgehead atoms. The van der Waals surface area contributed by atoms with Gasteiger partial charge >= 0.3 is 5.69 Å². The van der Waals surface area contributed by atoms with Gasteiger partial charge in [-0.15, -0.1) is 23.5 Å². The van der Waals surface area contributed by atoms with Crippen LogP contribution in [0, 0.1) is 0 Å². The molecule has 1 aliphatic heterocycles. The van der Waals surface area contributed by atoms with Crippen LogP contribution in [0.5, 0.6) is 0 Å². The number of hydrogen-bond donors (Lipinski definition) is 2. The van der Waals surface area contributed by atoms with E-state index in [0.29, 0.717) is 10.1 Å². The molecule has 1 aliphatic rings. The van der Waals surface area contributed by atoms with Gasteiger partial charge in [0, 0.05) is 24.2 Å². The summed E-state index contributed by atoms with van der Waals surface area (Å²) in [5, 5.41) is 0. The molecule has 8 nitrogen and oxygen atoms in total. The number of anilines is 2. The fraction of sp³-hybridized carbons (Fsp3) is 0.292. The van der Waals surface area contributed by atoms with E-state index in [1.54, 1.807) is 12.1 Å².